The Labute approximate surface area is 99.3 Å². The Morgan fingerprint density at radius 3 is 2.00 bits per heavy atom. The van der Waals surface area contributed by atoms with Gasteiger partial charge in [0.05, 0.1) is 0 Å². The molecule has 0 aliphatic rings. The molecule has 0 aromatic rings. The van der Waals surface area contributed by atoms with Crippen LogP contribution >= 0.6 is 9.24 Å². The molecule has 12 heavy (non-hydrogen) atoms. The third kappa shape index (κ3) is 13.9. The summed E-state index contributed by atoms with van der Waals surface area (Å²) in [5.41, 5.74) is 0.821. The van der Waals surface area contributed by atoms with Crippen LogP contribution in [0.1, 0.15) is 58.8 Å². The standard InChI is InChI=1S/C10H23P.Sc/c1-3-4-5-6-7-8-9-10(2)11;/h10H,3-9,11H2,1-2H3;. The van der Waals surface area contributed by atoms with Gasteiger partial charge in [-0.2, -0.15) is 0 Å². The Bertz CT molecular complexity index is 74.2. The van der Waals surface area contributed by atoms with Gasteiger partial charge in [-0.3, -0.25) is 0 Å². The zero-order chi connectivity index (χ0) is 8.53. The summed E-state index contributed by atoms with van der Waals surface area (Å²) in [4.78, 5) is 0. The number of hydrogen-bond acceptors (Lipinski definition) is 0. The molecule has 0 saturated carbocycles. The number of rotatable bonds is 7. The Kier molecular flexibility index (Phi) is 16.2. The van der Waals surface area contributed by atoms with Gasteiger partial charge in [-0.05, 0) is 12.1 Å². The van der Waals surface area contributed by atoms with Crippen molar-refractivity contribution in [2.75, 3.05) is 0 Å². The van der Waals surface area contributed by atoms with Crippen LogP contribution < -0.4 is 0 Å². The average Bonchev–Trinajstić information content (AvgIpc) is 1.96. The van der Waals surface area contributed by atoms with Gasteiger partial charge in [0.25, 0.3) is 0 Å². The van der Waals surface area contributed by atoms with Crippen LogP contribution in [0, 0.1) is 0 Å². The first-order valence-corrected chi connectivity index (χ1v) is 5.69. The fourth-order valence-corrected chi connectivity index (χ4v) is 1.48. The van der Waals surface area contributed by atoms with Gasteiger partial charge in [-0.1, -0.05) is 52.4 Å². The second-order valence-electron chi connectivity index (χ2n) is 3.53. The maximum atomic E-state index is 2.87. The van der Waals surface area contributed by atoms with E-state index in [1.807, 2.05) is 0 Å². The fraction of sp³-hybridized carbons (Fsp3) is 1.00. The largest absolute Gasteiger partial charge is 0.135 e. The molecule has 71 valence electrons. The van der Waals surface area contributed by atoms with E-state index in [1.165, 1.54) is 44.9 Å². The Morgan fingerprint density at radius 2 is 1.50 bits per heavy atom. The third-order valence-corrected chi connectivity index (χ3v) is 2.35. The molecule has 0 nitrogen and oxygen atoms in total. The molecule has 0 aromatic carbocycles. The molecule has 0 heterocycles. The van der Waals surface area contributed by atoms with Crippen molar-refractivity contribution in [1.29, 1.82) is 0 Å². The Balaban J connectivity index is 0. The van der Waals surface area contributed by atoms with Crippen LogP contribution in [0.15, 0.2) is 0 Å². The predicted molar refractivity (Wildman–Crippen MR) is 57.2 cm³/mol. The third-order valence-electron chi connectivity index (χ3n) is 2.01. The first-order valence-electron chi connectivity index (χ1n) is 5.03. The summed E-state index contributed by atoms with van der Waals surface area (Å²) >= 11 is 0. The number of hydrogen-bond donors (Lipinski definition) is 0. The minimum Gasteiger partial charge on any atom is -0.135 e. The van der Waals surface area contributed by atoms with Crippen molar-refractivity contribution in [3.05, 3.63) is 0 Å². The molecule has 0 aliphatic carbocycles. The summed E-state index contributed by atoms with van der Waals surface area (Å²) < 4.78 is 0. The summed E-state index contributed by atoms with van der Waals surface area (Å²) in [6, 6.07) is 0. The predicted octanol–water partition coefficient (Wildman–Crippen LogP) is 4.00. The molecular weight excluding hydrogens is 196 g/mol. The molecule has 0 rings (SSSR count). The molecule has 2 atom stereocenters. The summed E-state index contributed by atoms with van der Waals surface area (Å²) in [7, 11) is 2.87. The van der Waals surface area contributed by atoms with E-state index < -0.39 is 0 Å². The Morgan fingerprint density at radius 1 is 1.00 bits per heavy atom. The van der Waals surface area contributed by atoms with Gasteiger partial charge in [-0.15, -0.1) is 9.24 Å². The molecule has 2 heteroatoms. The zero-order valence-corrected chi connectivity index (χ0v) is 11.6. The van der Waals surface area contributed by atoms with Crippen LogP contribution in [0.3, 0.4) is 0 Å². The summed E-state index contributed by atoms with van der Waals surface area (Å²) in [6.07, 6.45) is 9.94. The second-order valence-corrected chi connectivity index (χ2v) is 4.67. The Hall–Kier alpha value is 1.30. The van der Waals surface area contributed by atoms with E-state index in [0.717, 1.165) is 5.66 Å². The van der Waals surface area contributed by atoms with Crippen molar-refractivity contribution in [2.45, 2.75) is 64.5 Å². The molecule has 0 saturated heterocycles. The van der Waals surface area contributed by atoms with Gasteiger partial charge in [0.1, 0.15) is 0 Å². The fourth-order valence-electron chi connectivity index (χ4n) is 1.25. The molecule has 0 aromatic heterocycles. The van der Waals surface area contributed by atoms with Crippen molar-refractivity contribution in [1.82, 2.24) is 0 Å². The van der Waals surface area contributed by atoms with Crippen molar-refractivity contribution in [3.8, 4) is 0 Å². The normalized spacial score (nSPS) is 12.2. The molecule has 0 spiro atoms. The molecular formula is C10H23PSc. The monoisotopic (exact) mass is 219 g/mol. The van der Waals surface area contributed by atoms with Crippen molar-refractivity contribution in [3.63, 3.8) is 0 Å². The van der Waals surface area contributed by atoms with E-state index >= 15 is 0 Å². The average molecular weight is 219 g/mol. The topological polar surface area (TPSA) is 0 Å². The molecule has 0 bridgehead atoms. The van der Waals surface area contributed by atoms with E-state index in [-0.39, 0.29) is 25.8 Å². The minimum atomic E-state index is 0. The van der Waals surface area contributed by atoms with Crippen molar-refractivity contribution >= 4 is 9.24 Å². The second kappa shape index (κ2) is 12.3. The van der Waals surface area contributed by atoms with Crippen LogP contribution in [-0.2, 0) is 25.8 Å². The SMILES string of the molecule is CCCCCCCCC(C)P.[Sc]. The summed E-state index contributed by atoms with van der Waals surface area (Å²) in [5.74, 6) is 0. The van der Waals surface area contributed by atoms with Crippen LogP contribution in [0.4, 0.5) is 0 Å². The van der Waals surface area contributed by atoms with E-state index in [0.29, 0.717) is 0 Å². The maximum absolute atomic E-state index is 2.87. The van der Waals surface area contributed by atoms with Crippen molar-refractivity contribution in [2.24, 2.45) is 0 Å². The molecule has 1 radical (unpaired) electrons. The van der Waals surface area contributed by atoms with Gasteiger partial charge in [0.15, 0.2) is 0 Å². The van der Waals surface area contributed by atoms with E-state index in [9.17, 15) is 0 Å². The molecule has 0 fully saturated rings. The molecule has 2 unspecified atom stereocenters. The van der Waals surface area contributed by atoms with Gasteiger partial charge in [0, 0.05) is 25.8 Å². The smallest absolute Gasteiger partial charge is 0 e. The van der Waals surface area contributed by atoms with Gasteiger partial charge in [-0.25, -0.2) is 0 Å². The van der Waals surface area contributed by atoms with Crippen LogP contribution in [-0.4, -0.2) is 5.66 Å². The summed E-state index contributed by atoms with van der Waals surface area (Å²) in [6.45, 7) is 4.54. The van der Waals surface area contributed by atoms with E-state index in [2.05, 4.69) is 23.1 Å². The molecule has 0 N–H and O–H groups in total. The minimum absolute atomic E-state index is 0. The van der Waals surface area contributed by atoms with Crippen LogP contribution in [0.5, 0.6) is 0 Å². The quantitative estimate of drug-likeness (QED) is 0.448. The van der Waals surface area contributed by atoms with E-state index in [1.54, 1.807) is 0 Å². The van der Waals surface area contributed by atoms with Crippen molar-refractivity contribution < 1.29 is 25.8 Å². The zero-order valence-electron chi connectivity index (χ0n) is 8.68. The van der Waals surface area contributed by atoms with E-state index in [4.69, 9.17) is 0 Å². The maximum Gasteiger partial charge on any atom is 0 e. The van der Waals surface area contributed by atoms with Gasteiger partial charge < -0.3 is 0 Å². The van der Waals surface area contributed by atoms with Crippen LogP contribution in [0.25, 0.3) is 0 Å². The van der Waals surface area contributed by atoms with Crippen LogP contribution in [0.2, 0.25) is 0 Å². The van der Waals surface area contributed by atoms with Gasteiger partial charge >= 0.3 is 0 Å². The first kappa shape index (κ1) is 15.8. The van der Waals surface area contributed by atoms with Gasteiger partial charge in [0.2, 0.25) is 0 Å². The first-order chi connectivity index (χ1) is 5.27. The molecule has 0 aliphatic heterocycles. The summed E-state index contributed by atoms with van der Waals surface area (Å²) in [5, 5.41) is 0. The number of unbranched alkanes of at least 4 members (excludes halogenated alkanes) is 5. The molecule has 0 amide bonds.